The number of aromatic nitrogens is 2. The molecule has 4 aromatic rings. The van der Waals surface area contributed by atoms with Crippen LogP contribution in [0.3, 0.4) is 0 Å². The van der Waals surface area contributed by atoms with Gasteiger partial charge >= 0.3 is 5.97 Å². The molecule has 35 heavy (non-hydrogen) atoms. The molecule has 0 aliphatic carbocycles. The number of benzene rings is 3. The summed E-state index contributed by atoms with van der Waals surface area (Å²) in [4.78, 5) is 23.8. The number of hydrogen-bond donors (Lipinski definition) is 1. The van der Waals surface area contributed by atoms with Crippen LogP contribution in [0.25, 0.3) is 16.5 Å². The van der Waals surface area contributed by atoms with E-state index in [0.29, 0.717) is 22.2 Å². The number of nitrogens with one attached hydrogen (secondary N) is 1. The first kappa shape index (κ1) is 22.7. The quantitative estimate of drug-likeness (QED) is 0.302. The van der Waals surface area contributed by atoms with Crippen molar-refractivity contribution in [3.05, 3.63) is 83.9 Å². The SMILES string of the molecule is CCOC(=O)c1ccn(-c2ccc3c(F)c(N4CC(=O)NS4)c(OCc4ccccc4)cc3c2)n1. The van der Waals surface area contributed by atoms with Gasteiger partial charge in [0.05, 0.1) is 24.4 Å². The first-order valence-corrected chi connectivity index (χ1v) is 11.7. The lowest BCUT2D eigenvalue weighted by Gasteiger charge is -2.21. The van der Waals surface area contributed by atoms with Crippen molar-refractivity contribution in [3.63, 3.8) is 0 Å². The molecular weight excluding hydrogens is 471 g/mol. The summed E-state index contributed by atoms with van der Waals surface area (Å²) in [6.07, 6.45) is 1.64. The van der Waals surface area contributed by atoms with Gasteiger partial charge in [0.2, 0.25) is 0 Å². The molecule has 2 heterocycles. The van der Waals surface area contributed by atoms with Gasteiger partial charge in [-0.1, -0.05) is 30.3 Å². The number of carbonyl (C=O) groups is 2. The summed E-state index contributed by atoms with van der Waals surface area (Å²) in [6.45, 7) is 2.23. The average molecular weight is 493 g/mol. The highest BCUT2D eigenvalue weighted by atomic mass is 32.2. The lowest BCUT2D eigenvalue weighted by molar-refractivity contribution is -0.117. The summed E-state index contributed by atoms with van der Waals surface area (Å²) in [7, 11) is 0. The highest BCUT2D eigenvalue weighted by Gasteiger charge is 2.28. The zero-order valence-corrected chi connectivity index (χ0v) is 19.5. The van der Waals surface area contributed by atoms with E-state index in [2.05, 4.69) is 9.82 Å². The number of anilines is 1. The van der Waals surface area contributed by atoms with E-state index in [-0.39, 0.29) is 37.0 Å². The summed E-state index contributed by atoms with van der Waals surface area (Å²) in [6, 6.07) is 18.0. The Morgan fingerprint density at radius 2 is 2.00 bits per heavy atom. The highest BCUT2D eigenvalue weighted by molar-refractivity contribution is 7.99. The van der Waals surface area contributed by atoms with Crippen molar-refractivity contribution >= 4 is 40.5 Å². The maximum absolute atomic E-state index is 15.8. The summed E-state index contributed by atoms with van der Waals surface area (Å²) in [5.74, 6) is -0.901. The van der Waals surface area contributed by atoms with Gasteiger partial charge in [-0.3, -0.25) is 13.8 Å². The van der Waals surface area contributed by atoms with Crippen LogP contribution in [0.1, 0.15) is 23.0 Å². The van der Waals surface area contributed by atoms with Gasteiger partial charge in [0, 0.05) is 11.6 Å². The smallest absolute Gasteiger partial charge is 0.358 e. The van der Waals surface area contributed by atoms with E-state index in [1.54, 1.807) is 47.8 Å². The molecule has 0 atom stereocenters. The molecule has 0 unspecified atom stereocenters. The second-order valence-corrected chi connectivity index (χ2v) is 8.56. The molecule has 1 saturated heterocycles. The molecule has 3 aromatic carbocycles. The Morgan fingerprint density at radius 3 is 2.74 bits per heavy atom. The van der Waals surface area contributed by atoms with Crippen LogP contribution in [-0.2, 0) is 16.1 Å². The Labute approximate surface area is 204 Å². The van der Waals surface area contributed by atoms with Crippen LogP contribution in [0.5, 0.6) is 5.75 Å². The minimum Gasteiger partial charge on any atom is -0.487 e. The van der Waals surface area contributed by atoms with Crippen molar-refractivity contribution in [2.24, 2.45) is 0 Å². The summed E-state index contributed by atoms with van der Waals surface area (Å²) >= 11 is 1.03. The molecule has 1 fully saturated rings. The number of amides is 1. The van der Waals surface area contributed by atoms with Gasteiger partial charge in [0.25, 0.3) is 5.91 Å². The number of nitrogens with zero attached hydrogens (tertiary/aromatic N) is 3. The highest BCUT2D eigenvalue weighted by Crippen LogP contribution is 2.41. The largest absolute Gasteiger partial charge is 0.487 e. The van der Waals surface area contributed by atoms with Crippen molar-refractivity contribution in [2.45, 2.75) is 13.5 Å². The standard InChI is InChI=1S/C25H21FN4O4S/c1-2-33-25(32)20-10-11-29(27-20)18-8-9-19-17(12-18)13-21(34-15-16-6-4-3-5-7-16)24(23(19)26)30-14-22(31)28-35-30/h3-13H,2,14-15H2,1H3,(H,28,31). The summed E-state index contributed by atoms with van der Waals surface area (Å²) in [5, 5.41) is 5.23. The zero-order chi connectivity index (χ0) is 24.4. The second kappa shape index (κ2) is 9.67. The number of carbonyl (C=O) groups excluding carboxylic acids is 2. The second-order valence-electron chi connectivity index (χ2n) is 7.74. The van der Waals surface area contributed by atoms with Gasteiger partial charge in [-0.2, -0.15) is 5.10 Å². The Balaban J connectivity index is 1.54. The van der Waals surface area contributed by atoms with E-state index < -0.39 is 11.8 Å². The predicted molar refractivity (Wildman–Crippen MR) is 131 cm³/mol. The van der Waals surface area contributed by atoms with E-state index in [1.165, 1.54) is 4.68 Å². The third kappa shape index (κ3) is 4.65. The molecule has 0 radical (unpaired) electrons. The number of fused-ring (bicyclic) bond motifs is 1. The Morgan fingerprint density at radius 1 is 1.17 bits per heavy atom. The van der Waals surface area contributed by atoms with Crippen LogP contribution < -0.4 is 13.8 Å². The molecule has 5 rings (SSSR count). The molecule has 8 nitrogen and oxygen atoms in total. The fourth-order valence-electron chi connectivity index (χ4n) is 3.74. The van der Waals surface area contributed by atoms with Gasteiger partial charge < -0.3 is 9.47 Å². The maximum Gasteiger partial charge on any atom is 0.358 e. The molecule has 1 N–H and O–H groups in total. The normalized spacial score (nSPS) is 13.2. The van der Waals surface area contributed by atoms with Gasteiger partial charge in [-0.05, 0) is 48.2 Å². The molecule has 178 valence electrons. The van der Waals surface area contributed by atoms with Crippen LogP contribution in [0.4, 0.5) is 10.1 Å². The molecule has 1 aliphatic rings. The Hall–Kier alpha value is -4.05. The van der Waals surface area contributed by atoms with Crippen LogP contribution in [0.2, 0.25) is 0 Å². The molecule has 1 aromatic heterocycles. The van der Waals surface area contributed by atoms with Crippen molar-refractivity contribution in [2.75, 3.05) is 17.5 Å². The van der Waals surface area contributed by atoms with Crippen LogP contribution in [0, 0.1) is 5.82 Å². The van der Waals surface area contributed by atoms with E-state index in [1.807, 2.05) is 30.3 Å². The maximum atomic E-state index is 15.8. The van der Waals surface area contributed by atoms with E-state index in [4.69, 9.17) is 9.47 Å². The zero-order valence-electron chi connectivity index (χ0n) is 18.7. The van der Waals surface area contributed by atoms with Gasteiger partial charge in [0.1, 0.15) is 24.6 Å². The van der Waals surface area contributed by atoms with Crippen molar-refractivity contribution in [1.82, 2.24) is 14.5 Å². The number of hydrogen-bond acceptors (Lipinski definition) is 7. The first-order valence-electron chi connectivity index (χ1n) is 10.9. The third-order valence-corrected chi connectivity index (χ3v) is 6.23. The molecule has 1 amide bonds. The van der Waals surface area contributed by atoms with Gasteiger partial charge in [-0.15, -0.1) is 0 Å². The molecule has 1 aliphatic heterocycles. The number of halogens is 1. The number of rotatable bonds is 7. The summed E-state index contributed by atoms with van der Waals surface area (Å²) < 4.78 is 32.6. The lowest BCUT2D eigenvalue weighted by atomic mass is 10.1. The minimum atomic E-state index is -0.509. The van der Waals surface area contributed by atoms with Crippen LogP contribution in [0.15, 0.2) is 66.9 Å². The van der Waals surface area contributed by atoms with Crippen LogP contribution >= 0.6 is 12.1 Å². The molecule has 0 bridgehead atoms. The van der Waals surface area contributed by atoms with Crippen molar-refractivity contribution in [3.8, 4) is 11.4 Å². The van der Waals surface area contributed by atoms with E-state index in [9.17, 15) is 9.59 Å². The molecule has 0 saturated carbocycles. The topological polar surface area (TPSA) is 85.7 Å². The monoisotopic (exact) mass is 492 g/mol. The van der Waals surface area contributed by atoms with E-state index >= 15 is 4.39 Å². The Kier molecular flexibility index (Phi) is 6.28. The minimum absolute atomic E-state index is 0.0107. The van der Waals surface area contributed by atoms with Gasteiger partial charge in [-0.25, -0.2) is 13.9 Å². The molecule has 10 heteroatoms. The summed E-state index contributed by atoms with van der Waals surface area (Å²) in [5.41, 5.74) is 1.96. The fourth-order valence-corrected chi connectivity index (χ4v) is 4.46. The number of esters is 1. The average Bonchev–Trinajstić information content (AvgIpc) is 3.53. The van der Waals surface area contributed by atoms with Crippen LogP contribution in [-0.4, -0.2) is 34.8 Å². The predicted octanol–water partition coefficient (Wildman–Crippen LogP) is 4.42. The van der Waals surface area contributed by atoms with Crippen molar-refractivity contribution in [1.29, 1.82) is 0 Å². The fraction of sp³-hybridized carbons (Fsp3) is 0.160. The number of ether oxygens (including phenoxy) is 2. The Bertz CT molecular complexity index is 1410. The van der Waals surface area contributed by atoms with E-state index in [0.717, 1.165) is 17.7 Å². The molecular formula is C25H21FN4O4S. The molecule has 0 spiro atoms. The lowest BCUT2D eigenvalue weighted by Crippen LogP contribution is -2.17. The van der Waals surface area contributed by atoms with Gasteiger partial charge in [0.15, 0.2) is 11.5 Å². The van der Waals surface area contributed by atoms with Crippen molar-refractivity contribution < 1.29 is 23.5 Å². The third-order valence-electron chi connectivity index (χ3n) is 5.38. The first-order chi connectivity index (χ1) is 17.0.